The summed E-state index contributed by atoms with van der Waals surface area (Å²) >= 11 is 0. The van der Waals surface area contributed by atoms with E-state index in [1.165, 1.54) is 0 Å². The number of nitrogens with zero attached hydrogens (tertiary/aromatic N) is 1. The van der Waals surface area contributed by atoms with Crippen LogP contribution in [0.2, 0.25) is 0 Å². The molecular formula is C23H25NO. The molecule has 0 N–H and O–H groups in total. The summed E-state index contributed by atoms with van der Waals surface area (Å²) in [6.45, 7) is 8.00. The summed E-state index contributed by atoms with van der Waals surface area (Å²) in [6, 6.07) is 26.1. The number of fused-ring (bicyclic) bond motifs is 2. The first-order valence-electron chi connectivity index (χ1n) is 8.92. The Morgan fingerprint density at radius 3 is 1.88 bits per heavy atom. The summed E-state index contributed by atoms with van der Waals surface area (Å²) in [5, 5.41) is 0. The monoisotopic (exact) mass is 331 g/mol. The predicted molar refractivity (Wildman–Crippen MR) is 107 cm³/mol. The van der Waals surface area contributed by atoms with E-state index in [-0.39, 0.29) is 0 Å². The molecule has 2 nitrogen and oxygen atoms in total. The summed E-state index contributed by atoms with van der Waals surface area (Å²) in [5.74, 6) is 1.63. The molecule has 25 heavy (non-hydrogen) atoms. The second-order valence-corrected chi connectivity index (χ2v) is 4.89. The van der Waals surface area contributed by atoms with Crippen molar-refractivity contribution >= 4 is 11.4 Å². The van der Waals surface area contributed by atoms with Crippen molar-refractivity contribution in [2.24, 2.45) is 4.99 Å². The lowest BCUT2D eigenvalue weighted by Crippen LogP contribution is -2.03. The second-order valence-electron chi connectivity index (χ2n) is 4.89. The Hall–Kier alpha value is -2.87. The molecule has 128 valence electrons. The van der Waals surface area contributed by atoms with Crippen LogP contribution in [0.3, 0.4) is 0 Å². The van der Waals surface area contributed by atoms with Crippen molar-refractivity contribution in [1.82, 2.24) is 0 Å². The van der Waals surface area contributed by atoms with Crippen molar-refractivity contribution in [2.45, 2.75) is 27.7 Å². The van der Waals surface area contributed by atoms with Crippen LogP contribution in [0.5, 0.6) is 11.5 Å². The standard InChI is InChI=1S/C19H13NO.2C2H6/c1-2-8-14(9-3-1)19-15-10-4-6-12-17(15)21-18-13-7-5-11-16(18)20-19;2*1-2/h1-13H;2*1-2H3. The highest BCUT2D eigenvalue weighted by Gasteiger charge is 2.18. The van der Waals surface area contributed by atoms with Crippen molar-refractivity contribution in [3.8, 4) is 11.5 Å². The van der Waals surface area contributed by atoms with Crippen LogP contribution in [0.15, 0.2) is 83.9 Å². The van der Waals surface area contributed by atoms with Crippen LogP contribution in [-0.2, 0) is 0 Å². The van der Waals surface area contributed by atoms with Crippen LogP contribution in [0.1, 0.15) is 38.8 Å². The maximum Gasteiger partial charge on any atom is 0.153 e. The fourth-order valence-electron chi connectivity index (χ4n) is 2.50. The van der Waals surface area contributed by atoms with Gasteiger partial charge in [0.15, 0.2) is 5.75 Å². The van der Waals surface area contributed by atoms with Gasteiger partial charge in [0.1, 0.15) is 11.4 Å². The molecule has 0 atom stereocenters. The molecule has 3 aromatic carbocycles. The number of hydrogen-bond donors (Lipinski definition) is 0. The van der Waals surface area contributed by atoms with Gasteiger partial charge in [0, 0.05) is 11.1 Å². The number of hydrogen-bond acceptors (Lipinski definition) is 2. The smallest absolute Gasteiger partial charge is 0.153 e. The normalized spacial score (nSPS) is 11.0. The minimum Gasteiger partial charge on any atom is -0.454 e. The molecule has 4 rings (SSSR count). The first-order chi connectivity index (χ1) is 12.4. The summed E-state index contributed by atoms with van der Waals surface area (Å²) in [6.07, 6.45) is 0. The first kappa shape index (κ1) is 18.5. The van der Waals surface area contributed by atoms with Crippen molar-refractivity contribution in [3.63, 3.8) is 0 Å². The predicted octanol–water partition coefficient (Wildman–Crippen LogP) is 7.01. The summed E-state index contributed by atoms with van der Waals surface area (Å²) < 4.78 is 6.04. The average Bonchev–Trinajstić information content (AvgIpc) is 2.88. The molecule has 0 spiro atoms. The van der Waals surface area contributed by atoms with Crippen molar-refractivity contribution in [1.29, 1.82) is 0 Å². The molecule has 1 heterocycles. The van der Waals surface area contributed by atoms with Crippen molar-refractivity contribution < 1.29 is 4.74 Å². The molecular weight excluding hydrogens is 306 g/mol. The highest BCUT2D eigenvalue weighted by atomic mass is 16.5. The van der Waals surface area contributed by atoms with Crippen molar-refractivity contribution in [3.05, 3.63) is 90.0 Å². The fraction of sp³-hybridized carbons (Fsp3) is 0.174. The quantitative estimate of drug-likeness (QED) is 0.367. The maximum absolute atomic E-state index is 6.04. The van der Waals surface area contributed by atoms with E-state index in [1.54, 1.807) is 0 Å². The van der Waals surface area contributed by atoms with E-state index in [0.29, 0.717) is 0 Å². The third-order valence-electron chi connectivity index (χ3n) is 3.51. The topological polar surface area (TPSA) is 21.6 Å². The first-order valence-corrected chi connectivity index (χ1v) is 8.92. The Morgan fingerprint density at radius 2 is 1.16 bits per heavy atom. The third kappa shape index (κ3) is 4.16. The van der Waals surface area contributed by atoms with Crippen LogP contribution >= 0.6 is 0 Å². The minimum absolute atomic E-state index is 0.788. The van der Waals surface area contributed by atoms with Gasteiger partial charge < -0.3 is 4.74 Å². The molecule has 0 amide bonds. The second kappa shape index (κ2) is 9.43. The molecule has 0 saturated carbocycles. The van der Waals surface area contributed by atoms with Gasteiger partial charge in [0.05, 0.1) is 5.71 Å². The molecule has 3 aromatic rings. The molecule has 0 radical (unpaired) electrons. The zero-order chi connectivity index (χ0) is 18.1. The number of aliphatic imine (C=N–C) groups is 1. The summed E-state index contributed by atoms with van der Waals surface area (Å²) in [5.41, 5.74) is 3.90. The largest absolute Gasteiger partial charge is 0.454 e. The van der Waals surface area contributed by atoms with Crippen LogP contribution in [0.4, 0.5) is 5.69 Å². The zero-order valence-electron chi connectivity index (χ0n) is 15.4. The van der Waals surface area contributed by atoms with Crippen molar-refractivity contribution in [2.75, 3.05) is 0 Å². The highest BCUT2D eigenvalue weighted by molar-refractivity contribution is 6.16. The molecule has 0 saturated heterocycles. The number of benzene rings is 3. The minimum atomic E-state index is 0.788. The molecule has 0 aromatic heterocycles. The Bertz CT molecular complexity index is 822. The van der Waals surface area contributed by atoms with Gasteiger partial charge in [-0.25, -0.2) is 4.99 Å². The Labute approximate surface area is 150 Å². The lowest BCUT2D eigenvalue weighted by molar-refractivity contribution is 0.485. The summed E-state index contributed by atoms with van der Waals surface area (Å²) in [7, 11) is 0. The van der Waals surface area contributed by atoms with Gasteiger partial charge in [-0.15, -0.1) is 0 Å². The van der Waals surface area contributed by atoms with Crippen LogP contribution in [0, 0.1) is 0 Å². The highest BCUT2D eigenvalue weighted by Crippen LogP contribution is 2.38. The molecule has 1 aliphatic heterocycles. The van der Waals surface area contributed by atoms with Gasteiger partial charge >= 0.3 is 0 Å². The van der Waals surface area contributed by atoms with E-state index < -0.39 is 0 Å². The lowest BCUT2D eigenvalue weighted by Gasteiger charge is -2.09. The van der Waals surface area contributed by atoms with Crippen LogP contribution in [0.25, 0.3) is 0 Å². The van der Waals surface area contributed by atoms with E-state index in [2.05, 4.69) is 12.1 Å². The molecule has 2 heteroatoms. The van der Waals surface area contributed by atoms with Crippen LogP contribution in [-0.4, -0.2) is 5.71 Å². The van der Waals surface area contributed by atoms with E-state index in [9.17, 15) is 0 Å². The maximum atomic E-state index is 6.04. The van der Waals surface area contributed by atoms with E-state index in [1.807, 2.05) is 94.4 Å². The van der Waals surface area contributed by atoms with Crippen LogP contribution < -0.4 is 4.74 Å². The van der Waals surface area contributed by atoms with Gasteiger partial charge in [0.2, 0.25) is 0 Å². The van der Waals surface area contributed by atoms with Gasteiger partial charge in [-0.2, -0.15) is 0 Å². The average molecular weight is 331 g/mol. The molecule has 0 fully saturated rings. The van der Waals surface area contributed by atoms with E-state index in [0.717, 1.165) is 34.0 Å². The lowest BCUT2D eigenvalue weighted by atomic mass is 10.0. The molecule has 0 aliphatic carbocycles. The SMILES string of the molecule is CC.CC.c1ccc(C2=Nc3ccccc3Oc3ccccc32)cc1. The van der Waals surface area contributed by atoms with Gasteiger partial charge in [-0.05, 0) is 24.3 Å². The van der Waals surface area contributed by atoms with Gasteiger partial charge in [-0.3, -0.25) is 0 Å². The Kier molecular flexibility index (Phi) is 6.97. The molecule has 1 aliphatic rings. The Balaban J connectivity index is 0.000000528. The third-order valence-corrected chi connectivity index (χ3v) is 3.51. The number of rotatable bonds is 1. The Morgan fingerprint density at radius 1 is 0.600 bits per heavy atom. The van der Waals surface area contributed by atoms with Gasteiger partial charge in [0.25, 0.3) is 0 Å². The fourth-order valence-corrected chi connectivity index (χ4v) is 2.50. The molecule has 0 unspecified atom stereocenters. The number of ether oxygens (including phenoxy) is 1. The molecule has 0 bridgehead atoms. The summed E-state index contributed by atoms with van der Waals surface area (Å²) in [4.78, 5) is 4.84. The van der Waals surface area contributed by atoms with E-state index >= 15 is 0 Å². The number of para-hydroxylation sites is 3. The van der Waals surface area contributed by atoms with Gasteiger partial charge in [-0.1, -0.05) is 82.3 Å². The van der Waals surface area contributed by atoms with E-state index in [4.69, 9.17) is 9.73 Å². The zero-order valence-corrected chi connectivity index (χ0v) is 15.4.